The van der Waals surface area contributed by atoms with Gasteiger partial charge in [-0.05, 0) is 55.6 Å². The minimum Gasteiger partial charge on any atom is -0.490 e. The second-order valence-corrected chi connectivity index (χ2v) is 10.0. The lowest BCUT2D eigenvalue weighted by Gasteiger charge is -2.29. The molecule has 1 aromatic carbocycles. The van der Waals surface area contributed by atoms with Gasteiger partial charge in [0.05, 0.1) is 6.61 Å². The maximum atomic E-state index is 14.6. The summed E-state index contributed by atoms with van der Waals surface area (Å²) < 4.78 is 50.8. The second kappa shape index (κ2) is 12.7. The fraction of sp³-hybridized carbons (Fsp3) is 0.714. The zero-order valence-corrected chi connectivity index (χ0v) is 18.5. The van der Waals surface area contributed by atoms with Gasteiger partial charge in [-0.25, -0.2) is 4.39 Å². The van der Waals surface area contributed by atoms with Crippen LogP contribution in [0, 0.1) is 17.6 Å². The van der Waals surface area contributed by atoms with Crippen LogP contribution in [0.4, 0.5) is 8.78 Å². The molecule has 9 heteroatoms. The van der Waals surface area contributed by atoms with E-state index in [0.717, 1.165) is 25.7 Å². The summed E-state index contributed by atoms with van der Waals surface area (Å²) in [4.78, 5) is 9.13. The molecule has 1 atom stereocenters. The van der Waals surface area contributed by atoms with Gasteiger partial charge in [-0.1, -0.05) is 25.8 Å². The summed E-state index contributed by atoms with van der Waals surface area (Å²) in [6, 6.07) is 3.16. The average Bonchev–Trinajstić information content (AvgIpc) is 2.74. The van der Waals surface area contributed by atoms with Crippen molar-refractivity contribution in [3.05, 3.63) is 29.3 Å². The van der Waals surface area contributed by atoms with Crippen molar-refractivity contribution >= 4 is 7.52 Å². The molecule has 1 aromatic rings. The van der Waals surface area contributed by atoms with Crippen molar-refractivity contribution in [3.8, 4) is 5.75 Å². The molecule has 2 rings (SSSR count). The first-order chi connectivity index (χ1) is 14.4. The highest BCUT2D eigenvalue weighted by molar-refractivity contribution is 7.55. The lowest BCUT2D eigenvalue weighted by Crippen LogP contribution is -2.15. The SMILES string of the molecule is CCCC1CCC(c2ccc(OCCCOCCCP(=O)(O)NO)c(F)c2F)CC1. The van der Waals surface area contributed by atoms with Crippen LogP contribution in [-0.4, -0.2) is 36.1 Å². The zero-order chi connectivity index (χ0) is 22.0. The van der Waals surface area contributed by atoms with Crippen LogP contribution in [-0.2, 0) is 9.30 Å². The lowest BCUT2D eigenvalue weighted by atomic mass is 9.77. The molecule has 1 aliphatic carbocycles. The molecular formula is C21H34F2NO5P. The largest absolute Gasteiger partial charge is 0.490 e. The molecule has 0 amide bonds. The number of nitrogens with one attached hydrogen (secondary N) is 1. The van der Waals surface area contributed by atoms with E-state index in [4.69, 9.17) is 19.6 Å². The molecule has 0 spiro atoms. The predicted molar refractivity (Wildman–Crippen MR) is 111 cm³/mol. The van der Waals surface area contributed by atoms with Gasteiger partial charge >= 0.3 is 0 Å². The van der Waals surface area contributed by atoms with Crippen molar-refractivity contribution in [2.75, 3.05) is 26.0 Å². The maximum Gasteiger partial charge on any atom is 0.289 e. The Hall–Kier alpha value is -1.05. The lowest BCUT2D eigenvalue weighted by molar-refractivity contribution is 0.118. The van der Waals surface area contributed by atoms with Gasteiger partial charge in [-0.2, -0.15) is 4.39 Å². The van der Waals surface area contributed by atoms with Gasteiger partial charge < -0.3 is 19.6 Å². The first kappa shape index (κ1) is 25.2. The van der Waals surface area contributed by atoms with Gasteiger partial charge in [0.2, 0.25) is 5.82 Å². The fourth-order valence-corrected chi connectivity index (χ4v) is 4.68. The number of benzene rings is 1. The molecule has 0 aromatic heterocycles. The van der Waals surface area contributed by atoms with E-state index in [-0.39, 0.29) is 31.0 Å². The van der Waals surface area contributed by atoms with Gasteiger partial charge in [-0.3, -0.25) is 4.57 Å². The third-order valence-corrected chi connectivity index (χ3v) is 6.89. The van der Waals surface area contributed by atoms with Crippen molar-refractivity contribution < 1.29 is 32.9 Å². The van der Waals surface area contributed by atoms with E-state index in [1.54, 1.807) is 6.07 Å². The molecule has 1 saturated carbocycles. The highest BCUT2D eigenvalue weighted by atomic mass is 31.2. The van der Waals surface area contributed by atoms with Gasteiger partial charge in [-0.15, -0.1) is 5.25 Å². The smallest absolute Gasteiger partial charge is 0.289 e. The Balaban J connectivity index is 1.71. The number of halogens is 2. The Morgan fingerprint density at radius 1 is 1.10 bits per heavy atom. The number of rotatable bonds is 13. The monoisotopic (exact) mass is 449 g/mol. The number of hydrogen-bond acceptors (Lipinski definition) is 4. The molecule has 1 aliphatic rings. The normalized spacial score (nSPS) is 21.4. The Morgan fingerprint density at radius 3 is 2.47 bits per heavy atom. The molecule has 30 heavy (non-hydrogen) atoms. The molecule has 0 heterocycles. The summed E-state index contributed by atoms with van der Waals surface area (Å²) in [5.41, 5.74) is 0.455. The van der Waals surface area contributed by atoms with Crippen LogP contribution in [0.5, 0.6) is 5.75 Å². The van der Waals surface area contributed by atoms with Crippen LogP contribution in [0.25, 0.3) is 0 Å². The molecule has 3 N–H and O–H groups in total. The molecule has 0 bridgehead atoms. The minimum atomic E-state index is -3.68. The topological polar surface area (TPSA) is 88.0 Å². The Morgan fingerprint density at radius 2 is 1.80 bits per heavy atom. The van der Waals surface area contributed by atoms with E-state index < -0.39 is 19.2 Å². The quantitative estimate of drug-likeness (QED) is 0.213. The van der Waals surface area contributed by atoms with Gasteiger partial charge in [0.15, 0.2) is 11.6 Å². The molecule has 6 nitrogen and oxygen atoms in total. The molecular weight excluding hydrogens is 415 g/mol. The molecule has 172 valence electrons. The van der Waals surface area contributed by atoms with E-state index in [2.05, 4.69) is 6.92 Å². The van der Waals surface area contributed by atoms with Crippen LogP contribution in [0.1, 0.15) is 69.8 Å². The Labute approximate surface area is 177 Å². The van der Waals surface area contributed by atoms with Crippen molar-refractivity contribution in [1.29, 1.82) is 0 Å². The van der Waals surface area contributed by atoms with E-state index in [1.807, 2.05) is 0 Å². The van der Waals surface area contributed by atoms with Crippen molar-refractivity contribution in [2.45, 2.75) is 64.2 Å². The molecule has 1 fully saturated rings. The number of ether oxygens (including phenoxy) is 2. The summed E-state index contributed by atoms with van der Waals surface area (Å²) in [6.45, 7) is 2.93. The van der Waals surface area contributed by atoms with E-state index in [0.29, 0.717) is 30.9 Å². The Kier molecular flexibility index (Phi) is 10.7. The second-order valence-electron chi connectivity index (χ2n) is 7.98. The minimum absolute atomic E-state index is 0.0744. The predicted octanol–water partition coefficient (Wildman–Crippen LogP) is 5.38. The summed E-state index contributed by atoms with van der Waals surface area (Å²) in [6.07, 6.45) is 7.01. The third kappa shape index (κ3) is 7.89. The van der Waals surface area contributed by atoms with Crippen LogP contribution in [0.2, 0.25) is 0 Å². The van der Waals surface area contributed by atoms with Crippen LogP contribution in [0.3, 0.4) is 0 Å². The maximum absolute atomic E-state index is 14.6. The van der Waals surface area contributed by atoms with Crippen molar-refractivity contribution in [1.82, 2.24) is 5.25 Å². The van der Waals surface area contributed by atoms with Gasteiger partial charge in [0, 0.05) is 25.8 Å². The summed E-state index contributed by atoms with van der Waals surface area (Å²) in [5, 5.41) is 9.84. The molecule has 0 saturated heterocycles. The van der Waals surface area contributed by atoms with E-state index in [1.165, 1.54) is 24.2 Å². The van der Waals surface area contributed by atoms with Crippen molar-refractivity contribution in [3.63, 3.8) is 0 Å². The number of hydrogen-bond donors (Lipinski definition) is 3. The van der Waals surface area contributed by atoms with Crippen LogP contribution in [0.15, 0.2) is 12.1 Å². The summed E-state index contributed by atoms with van der Waals surface area (Å²) >= 11 is 0. The zero-order valence-electron chi connectivity index (χ0n) is 17.6. The summed E-state index contributed by atoms with van der Waals surface area (Å²) in [7, 11) is -3.68. The molecule has 1 unspecified atom stereocenters. The fourth-order valence-electron chi connectivity index (χ4n) is 4.02. The third-order valence-electron chi connectivity index (χ3n) is 5.66. The first-order valence-corrected chi connectivity index (χ1v) is 12.6. The Bertz CT molecular complexity index is 698. The highest BCUT2D eigenvalue weighted by Crippen LogP contribution is 2.40. The van der Waals surface area contributed by atoms with Crippen LogP contribution < -0.4 is 9.99 Å². The van der Waals surface area contributed by atoms with Crippen molar-refractivity contribution in [2.24, 2.45) is 5.92 Å². The summed E-state index contributed by atoms with van der Waals surface area (Å²) in [5.74, 6) is -1.03. The molecule has 0 aliphatic heterocycles. The van der Waals surface area contributed by atoms with Gasteiger partial charge in [0.25, 0.3) is 7.52 Å². The van der Waals surface area contributed by atoms with E-state index >= 15 is 0 Å². The molecule has 0 radical (unpaired) electrons. The standard InChI is InChI=1S/C21H34F2NO5P/c1-2-5-16-6-8-17(9-7-16)18-10-11-19(21(23)20(18)22)29-14-3-12-28-13-4-15-30(26,27)24-25/h10-11,16-17,25H,2-9,12-15H2,1H3,(H2,24,26,27). The average molecular weight is 449 g/mol. The first-order valence-electron chi connectivity index (χ1n) is 10.8. The van der Waals surface area contributed by atoms with Crippen LogP contribution >= 0.6 is 7.52 Å². The van der Waals surface area contributed by atoms with Gasteiger partial charge in [0.1, 0.15) is 0 Å². The van der Waals surface area contributed by atoms with E-state index in [9.17, 15) is 13.3 Å². The highest BCUT2D eigenvalue weighted by Gasteiger charge is 2.26.